The van der Waals surface area contributed by atoms with E-state index in [4.69, 9.17) is 4.74 Å². The third kappa shape index (κ3) is 5.71. The van der Waals surface area contributed by atoms with E-state index in [1.807, 2.05) is 0 Å². The van der Waals surface area contributed by atoms with Crippen molar-refractivity contribution >= 4 is 17.3 Å². The molecule has 14 heteroatoms. The van der Waals surface area contributed by atoms with Crippen molar-refractivity contribution in [2.75, 3.05) is 25.6 Å². The van der Waals surface area contributed by atoms with Crippen LogP contribution in [0.15, 0.2) is 60.9 Å². The zero-order chi connectivity index (χ0) is 30.4. The van der Waals surface area contributed by atoms with E-state index in [9.17, 15) is 35.5 Å². The van der Waals surface area contributed by atoms with Crippen LogP contribution >= 0.6 is 0 Å². The van der Waals surface area contributed by atoms with Crippen LogP contribution in [0.1, 0.15) is 23.2 Å². The number of alkyl halides is 6. The van der Waals surface area contributed by atoms with Gasteiger partial charge in [-0.15, -0.1) is 5.53 Å². The molecule has 2 aromatic carbocycles. The summed E-state index contributed by atoms with van der Waals surface area (Å²) in [5.41, 5.74) is 3.43. The number of nitrogens with zero attached hydrogens (tertiary/aromatic N) is 4. The molecule has 0 spiro atoms. The largest absolute Gasteiger partial charge is 0.496 e. The van der Waals surface area contributed by atoms with E-state index >= 15 is 0 Å². The van der Waals surface area contributed by atoms with Crippen molar-refractivity contribution in [3.63, 3.8) is 0 Å². The van der Waals surface area contributed by atoms with Gasteiger partial charge in [0.2, 0.25) is 0 Å². The van der Waals surface area contributed by atoms with Crippen molar-refractivity contribution in [1.82, 2.24) is 20.5 Å². The van der Waals surface area contributed by atoms with Gasteiger partial charge in [0, 0.05) is 36.1 Å². The number of anilines is 1. The van der Waals surface area contributed by atoms with Crippen LogP contribution in [-0.2, 0) is 17.4 Å². The highest BCUT2D eigenvalue weighted by Gasteiger charge is 2.42. The van der Waals surface area contributed by atoms with Crippen molar-refractivity contribution in [2.45, 2.75) is 31.2 Å². The second-order valence-electron chi connectivity index (χ2n) is 9.75. The molecule has 2 aliphatic heterocycles. The highest BCUT2D eigenvalue weighted by atomic mass is 19.4. The van der Waals surface area contributed by atoms with E-state index in [0.717, 1.165) is 18.3 Å². The van der Waals surface area contributed by atoms with Crippen molar-refractivity contribution in [3.05, 3.63) is 83.6 Å². The third-order valence-corrected chi connectivity index (χ3v) is 7.02. The van der Waals surface area contributed by atoms with Gasteiger partial charge in [-0.05, 0) is 54.8 Å². The lowest BCUT2D eigenvalue weighted by atomic mass is 10.0. The molecule has 0 saturated heterocycles. The van der Waals surface area contributed by atoms with E-state index in [-0.39, 0.29) is 35.4 Å². The fourth-order valence-electron chi connectivity index (χ4n) is 5.10. The van der Waals surface area contributed by atoms with Gasteiger partial charge in [-0.25, -0.2) is 4.39 Å². The lowest BCUT2D eigenvalue weighted by molar-refractivity contribution is -0.141. The molecule has 0 aliphatic carbocycles. The Morgan fingerprint density at radius 1 is 1.05 bits per heavy atom. The number of pyridine rings is 1. The Labute approximate surface area is 235 Å². The summed E-state index contributed by atoms with van der Waals surface area (Å²) < 4.78 is 100. The smallest absolute Gasteiger partial charge is 0.433 e. The molecule has 1 aromatic heterocycles. The van der Waals surface area contributed by atoms with E-state index in [1.54, 1.807) is 25.2 Å². The molecule has 0 radical (unpaired) electrons. The number of aromatic nitrogens is 1. The highest BCUT2D eigenvalue weighted by molar-refractivity contribution is 5.99. The van der Waals surface area contributed by atoms with Crippen LogP contribution in [0.3, 0.4) is 0 Å². The summed E-state index contributed by atoms with van der Waals surface area (Å²) in [5, 5.41) is 2.90. The maximum Gasteiger partial charge on any atom is 0.433 e. The van der Waals surface area contributed by atoms with Gasteiger partial charge in [0.25, 0.3) is 5.91 Å². The fraction of sp³-hybridized carbons (Fsp3) is 0.286. The fourth-order valence-corrected chi connectivity index (χ4v) is 5.10. The van der Waals surface area contributed by atoms with E-state index in [2.05, 4.69) is 10.5 Å². The predicted molar refractivity (Wildman–Crippen MR) is 139 cm³/mol. The van der Waals surface area contributed by atoms with E-state index < -0.39 is 42.4 Å². The van der Waals surface area contributed by atoms with Crippen molar-refractivity contribution in [1.29, 1.82) is 0 Å². The Morgan fingerprint density at radius 2 is 1.81 bits per heavy atom. The standard InChI is InChI=1S/C28H24F7N5O2/c1-38-23(17-6-7-18(24(12-17)42-2)16-10-11-36-25(13-16)28(33,34)35)14-40(37-38)22-9-8-19-20(29)4-3-5-21(19)39(26(22)41)15-27(30,31)32/h3-7,10-14,22,37H,8-9,15H2,1-2H3. The third-order valence-electron chi connectivity index (χ3n) is 7.02. The Morgan fingerprint density at radius 3 is 2.50 bits per heavy atom. The van der Waals surface area contributed by atoms with Crippen molar-refractivity contribution in [2.24, 2.45) is 0 Å². The molecule has 5 rings (SSSR count). The molecular formula is C28H24F7N5O2. The van der Waals surface area contributed by atoms with Crippen molar-refractivity contribution in [3.8, 4) is 16.9 Å². The number of rotatable bonds is 5. The van der Waals surface area contributed by atoms with Crippen molar-refractivity contribution < 1.29 is 40.3 Å². The van der Waals surface area contributed by atoms with Crippen LogP contribution in [0.25, 0.3) is 16.8 Å². The van der Waals surface area contributed by atoms with Gasteiger partial charge < -0.3 is 9.64 Å². The number of hydrazine groups is 2. The highest BCUT2D eigenvalue weighted by Crippen LogP contribution is 2.38. The second-order valence-corrected chi connectivity index (χ2v) is 9.75. The Bertz CT molecular complexity index is 1540. The molecule has 42 heavy (non-hydrogen) atoms. The summed E-state index contributed by atoms with van der Waals surface area (Å²) in [6.45, 7) is -1.58. The number of fused-ring (bicyclic) bond motifs is 1. The number of methoxy groups -OCH3 is 1. The number of benzene rings is 2. The summed E-state index contributed by atoms with van der Waals surface area (Å²) in [5.74, 6) is -1.30. The summed E-state index contributed by atoms with van der Waals surface area (Å²) in [7, 11) is 2.98. The minimum atomic E-state index is -4.72. The number of carbonyl (C=O) groups is 1. The summed E-state index contributed by atoms with van der Waals surface area (Å²) in [6, 6.07) is 9.71. The van der Waals surface area contributed by atoms with Crippen LogP contribution < -0.4 is 15.2 Å². The summed E-state index contributed by atoms with van der Waals surface area (Å²) in [4.78, 5) is 17.4. The minimum absolute atomic E-state index is 0.0200. The zero-order valence-corrected chi connectivity index (χ0v) is 22.2. The molecule has 0 bridgehead atoms. The molecule has 2 aliphatic rings. The number of nitrogens with one attached hydrogen (secondary N) is 1. The SMILES string of the molecule is COc1cc(C2=CN(C3CCc4c(F)cccc4N(CC(F)(F)F)C3=O)NN2C)ccc1-c1ccnc(C(F)(F)F)c1. The molecule has 0 saturated carbocycles. The van der Waals surface area contributed by atoms with E-state index in [0.29, 0.717) is 21.7 Å². The molecular weight excluding hydrogens is 571 g/mol. The zero-order valence-electron chi connectivity index (χ0n) is 22.2. The van der Waals surface area contributed by atoms with Crippen LogP contribution in [0, 0.1) is 5.82 Å². The van der Waals surface area contributed by atoms with Gasteiger partial charge in [-0.3, -0.25) is 19.8 Å². The average Bonchev–Trinajstić information content (AvgIpc) is 3.25. The Balaban J connectivity index is 1.47. The monoisotopic (exact) mass is 595 g/mol. The maximum atomic E-state index is 14.6. The first-order chi connectivity index (χ1) is 19.8. The lowest BCUT2D eigenvalue weighted by Gasteiger charge is -2.31. The molecule has 222 valence electrons. The van der Waals surface area contributed by atoms with Gasteiger partial charge in [-0.1, -0.05) is 12.1 Å². The first-order valence-electron chi connectivity index (χ1n) is 12.6. The van der Waals surface area contributed by atoms with Gasteiger partial charge in [0.1, 0.15) is 29.8 Å². The van der Waals surface area contributed by atoms with Crippen LogP contribution in [0.4, 0.5) is 36.4 Å². The van der Waals surface area contributed by atoms with Crippen LogP contribution in [0.2, 0.25) is 0 Å². The summed E-state index contributed by atoms with van der Waals surface area (Å²) >= 11 is 0. The molecule has 1 unspecified atom stereocenters. The molecule has 3 aromatic rings. The first kappa shape index (κ1) is 29.2. The number of halogens is 7. The average molecular weight is 596 g/mol. The van der Waals surface area contributed by atoms with Gasteiger partial charge in [0.05, 0.1) is 18.5 Å². The number of hydrogen-bond donors (Lipinski definition) is 1. The number of amides is 1. The van der Waals surface area contributed by atoms with Crippen LogP contribution in [0.5, 0.6) is 5.75 Å². The number of ether oxygens (including phenoxy) is 1. The molecule has 1 N–H and O–H groups in total. The quantitative estimate of drug-likeness (QED) is 0.377. The molecule has 0 fully saturated rings. The maximum absolute atomic E-state index is 14.6. The lowest BCUT2D eigenvalue weighted by Crippen LogP contribution is -2.53. The summed E-state index contributed by atoms with van der Waals surface area (Å²) in [6.07, 6.45) is -6.73. The topological polar surface area (TPSA) is 60.9 Å². The Kier molecular flexibility index (Phi) is 7.51. The van der Waals surface area contributed by atoms with E-state index in [1.165, 1.54) is 41.5 Å². The predicted octanol–water partition coefficient (Wildman–Crippen LogP) is 5.79. The van der Waals surface area contributed by atoms with Crippen LogP contribution in [-0.4, -0.2) is 53.8 Å². The second kappa shape index (κ2) is 10.8. The van der Waals surface area contributed by atoms with Gasteiger partial charge >= 0.3 is 12.4 Å². The number of hydrogen-bond acceptors (Lipinski definition) is 6. The Hall–Kier alpha value is -4.33. The molecule has 3 heterocycles. The molecule has 1 atom stereocenters. The van der Waals surface area contributed by atoms with Gasteiger partial charge in [0.15, 0.2) is 0 Å². The normalized spacial score (nSPS) is 17.7. The minimum Gasteiger partial charge on any atom is -0.496 e. The van der Waals surface area contributed by atoms with Gasteiger partial charge in [-0.2, -0.15) is 26.3 Å². The molecule has 7 nitrogen and oxygen atoms in total. The molecule has 1 amide bonds. The number of carbonyl (C=O) groups excluding carboxylic acids is 1. The first-order valence-corrected chi connectivity index (χ1v) is 12.6.